The molecular formula is C21H19N2P. The van der Waals surface area contributed by atoms with E-state index in [2.05, 4.69) is 101 Å². The fourth-order valence-corrected chi connectivity index (χ4v) is 4.75. The number of hydrogen-bond acceptors (Lipinski definition) is 2. The predicted molar refractivity (Wildman–Crippen MR) is 104 cm³/mol. The summed E-state index contributed by atoms with van der Waals surface area (Å²) in [5.41, 5.74) is 3.84. The zero-order valence-corrected chi connectivity index (χ0v) is 14.3. The van der Waals surface area contributed by atoms with Crippen molar-refractivity contribution in [1.82, 2.24) is 0 Å². The molecule has 3 aromatic rings. The Balaban J connectivity index is 1.82. The van der Waals surface area contributed by atoms with Crippen LogP contribution < -0.4 is 4.78 Å². The summed E-state index contributed by atoms with van der Waals surface area (Å²) >= 11 is 0. The number of hydrogen-bond donors (Lipinski definition) is 0. The van der Waals surface area contributed by atoms with Gasteiger partial charge in [-0.15, -0.1) is 0 Å². The van der Waals surface area contributed by atoms with Gasteiger partial charge >= 0.3 is 0 Å². The van der Waals surface area contributed by atoms with Crippen molar-refractivity contribution in [2.24, 2.45) is 5.10 Å². The molecule has 0 fully saturated rings. The second-order valence-electron chi connectivity index (χ2n) is 5.90. The highest BCUT2D eigenvalue weighted by molar-refractivity contribution is 7.42. The van der Waals surface area contributed by atoms with E-state index in [0.717, 1.165) is 12.1 Å². The average molecular weight is 330 g/mol. The quantitative estimate of drug-likeness (QED) is 0.586. The Morgan fingerprint density at radius 1 is 0.708 bits per heavy atom. The third-order valence-electron chi connectivity index (χ3n) is 4.43. The molecule has 0 aromatic heterocycles. The Morgan fingerprint density at radius 2 is 1.21 bits per heavy atom. The first-order valence-corrected chi connectivity index (χ1v) is 9.10. The lowest BCUT2D eigenvalue weighted by Gasteiger charge is -2.40. The van der Waals surface area contributed by atoms with Crippen LogP contribution in [0.3, 0.4) is 0 Å². The van der Waals surface area contributed by atoms with Crippen molar-refractivity contribution in [3.05, 3.63) is 102 Å². The highest BCUT2D eigenvalue weighted by Gasteiger charge is 2.38. The zero-order chi connectivity index (χ0) is 16.2. The molecule has 1 heterocycles. The molecule has 2 nitrogen and oxygen atoms in total. The van der Waals surface area contributed by atoms with Crippen LogP contribution in [0.5, 0.6) is 0 Å². The number of nitrogens with zero attached hydrogens (tertiary/aromatic N) is 2. The zero-order valence-electron chi connectivity index (χ0n) is 13.3. The van der Waals surface area contributed by atoms with Crippen molar-refractivity contribution in [1.29, 1.82) is 0 Å². The molecule has 0 aliphatic carbocycles. The van der Waals surface area contributed by atoms with E-state index in [1.54, 1.807) is 0 Å². The minimum atomic E-state index is -0.0554. The molecule has 0 saturated heterocycles. The summed E-state index contributed by atoms with van der Waals surface area (Å²) in [5.74, 6) is 0. The maximum absolute atomic E-state index is 4.67. The monoisotopic (exact) mass is 330 g/mol. The molecule has 3 aromatic carbocycles. The van der Waals surface area contributed by atoms with Gasteiger partial charge in [0.05, 0.1) is 10.8 Å². The molecule has 0 amide bonds. The van der Waals surface area contributed by atoms with E-state index >= 15 is 0 Å². The standard InChI is InChI=1S/C21H19N2P/c1-4-10-18(11-5-1)21(19-12-6-2-7-13-19)16-17-22-23(24-21)20-14-8-3-9-15-20/h1-15,17,24H,16H2. The van der Waals surface area contributed by atoms with Gasteiger partial charge in [-0.1, -0.05) is 78.9 Å². The van der Waals surface area contributed by atoms with Gasteiger partial charge in [0.15, 0.2) is 0 Å². The molecular weight excluding hydrogens is 311 g/mol. The van der Waals surface area contributed by atoms with Gasteiger partial charge in [0.2, 0.25) is 0 Å². The topological polar surface area (TPSA) is 15.6 Å². The maximum atomic E-state index is 4.67. The van der Waals surface area contributed by atoms with Crippen LogP contribution in [0.4, 0.5) is 5.69 Å². The summed E-state index contributed by atoms with van der Waals surface area (Å²) in [6, 6.07) is 32.0. The van der Waals surface area contributed by atoms with Crippen LogP contribution in [0.1, 0.15) is 17.5 Å². The Bertz CT molecular complexity index is 777. The summed E-state index contributed by atoms with van der Waals surface area (Å²) in [4.78, 5) is 0. The Morgan fingerprint density at radius 3 is 1.75 bits per heavy atom. The van der Waals surface area contributed by atoms with Crippen molar-refractivity contribution in [2.45, 2.75) is 11.6 Å². The van der Waals surface area contributed by atoms with Crippen molar-refractivity contribution in [3.63, 3.8) is 0 Å². The normalized spacial score (nSPS) is 17.1. The SMILES string of the molecule is C1=NN(c2ccccc2)PC(c2ccccc2)(c2ccccc2)C1. The lowest BCUT2D eigenvalue weighted by Crippen LogP contribution is -2.30. The van der Waals surface area contributed by atoms with E-state index in [1.165, 1.54) is 11.1 Å². The van der Waals surface area contributed by atoms with Gasteiger partial charge in [-0.3, -0.25) is 0 Å². The number of benzene rings is 3. The Labute approximate surface area is 144 Å². The molecule has 0 radical (unpaired) electrons. The number of rotatable bonds is 3. The highest BCUT2D eigenvalue weighted by atomic mass is 31.1. The molecule has 0 spiro atoms. The van der Waals surface area contributed by atoms with Gasteiger partial charge in [0.25, 0.3) is 0 Å². The molecule has 1 atom stereocenters. The second-order valence-corrected chi connectivity index (χ2v) is 7.40. The van der Waals surface area contributed by atoms with E-state index in [9.17, 15) is 0 Å². The van der Waals surface area contributed by atoms with Gasteiger partial charge in [-0.2, -0.15) is 5.10 Å². The minimum Gasteiger partial charge on any atom is -0.247 e. The van der Waals surface area contributed by atoms with E-state index in [0.29, 0.717) is 8.73 Å². The molecule has 3 heteroatoms. The van der Waals surface area contributed by atoms with E-state index in [1.807, 2.05) is 6.07 Å². The first-order chi connectivity index (χ1) is 11.9. The summed E-state index contributed by atoms with van der Waals surface area (Å²) in [7, 11) is 0.522. The van der Waals surface area contributed by atoms with Crippen LogP contribution in [0.25, 0.3) is 0 Å². The second kappa shape index (κ2) is 6.59. The van der Waals surface area contributed by atoms with Crippen molar-refractivity contribution in [2.75, 3.05) is 4.78 Å². The fraction of sp³-hybridized carbons (Fsp3) is 0.0952. The summed E-state index contributed by atoms with van der Waals surface area (Å²) in [6.45, 7) is 0. The molecule has 118 valence electrons. The van der Waals surface area contributed by atoms with Gasteiger partial charge < -0.3 is 0 Å². The molecule has 1 aliphatic rings. The first kappa shape index (κ1) is 15.1. The smallest absolute Gasteiger partial charge is 0.0632 e. The summed E-state index contributed by atoms with van der Waals surface area (Å²) < 4.78 is 2.14. The summed E-state index contributed by atoms with van der Waals surface area (Å²) in [5, 5.41) is 4.61. The van der Waals surface area contributed by atoms with E-state index < -0.39 is 0 Å². The van der Waals surface area contributed by atoms with Crippen LogP contribution >= 0.6 is 8.73 Å². The Kier molecular flexibility index (Phi) is 4.15. The van der Waals surface area contributed by atoms with E-state index in [4.69, 9.17) is 0 Å². The van der Waals surface area contributed by atoms with Crippen LogP contribution in [0.2, 0.25) is 0 Å². The molecule has 0 saturated carbocycles. The summed E-state index contributed by atoms with van der Waals surface area (Å²) in [6.07, 6.45) is 2.98. The highest BCUT2D eigenvalue weighted by Crippen LogP contribution is 2.54. The predicted octanol–water partition coefficient (Wildman–Crippen LogP) is 5.42. The van der Waals surface area contributed by atoms with Gasteiger partial charge in [0.1, 0.15) is 0 Å². The molecule has 0 bridgehead atoms. The minimum absolute atomic E-state index is 0.0554. The third kappa shape index (κ3) is 2.74. The van der Waals surface area contributed by atoms with Crippen molar-refractivity contribution in [3.8, 4) is 0 Å². The fourth-order valence-electron chi connectivity index (χ4n) is 3.19. The van der Waals surface area contributed by atoms with Gasteiger partial charge in [-0.25, -0.2) is 4.78 Å². The number of para-hydroxylation sites is 1. The third-order valence-corrected chi connectivity index (χ3v) is 6.17. The lowest BCUT2D eigenvalue weighted by atomic mass is 9.87. The number of hydrazone groups is 1. The Hall–Kier alpha value is -2.44. The van der Waals surface area contributed by atoms with Gasteiger partial charge in [0, 0.05) is 21.4 Å². The van der Waals surface area contributed by atoms with Crippen LogP contribution in [0.15, 0.2) is 96.1 Å². The molecule has 24 heavy (non-hydrogen) atoms. The maximum Gasteiger partial charge on any atom is 0.0632 e. The van der Waals surface area contributed by atoms with Gasteiger partial charge in [-0.05, 0) is 23.3 Å². The van der Waals surface area contributed by atoms with Crippen molar-refractivity contribution < 1.29 is 0 Å². The molecule has 1 aliphatic heterocycles. The largest absolute Gasteiger partial charge is 0.247 e. The van der Waals surface area contributed by atoms with Crippen molar-refractivity contribution >= 4 is 20.6 Å². The van der Waals surface area contributed by atoms with Crippen LogP contribution in [0, 0.1) is 0 Å². The molecule has 1 unspecified atom stereocenters. The average Bonchev–Trinajstić information content (AvgIpc) is 2.70. The van der Waals surface area contributed by atoms with E-state index in [-0.39, 0.29) is 5.16 Å². The van der Waals surface area contributed by atoms with Crippen LogP contribution in [-0.2, 0) is 5.16 Å². The lowest BCUT2D eigenvalue weighted by molar-refractivity contribution is 0.759. The first-order valence-electron chi connectivity index (χ1n) is 8.15. The molecule has 4 rings (SSSR count). The molecule has 0 N–H and O–H groups in total. The number of anilines is 1. The van der Waals surface area contributed by atoms with Crippen LogP contribution in [-0.4, -0.2) is 6.21 Å².